The highest BCUT2D eigenvalue weighted by Crippen LogP contribution is 2.36. The normalized spacial score (nSPS) is 14.4. The van der Waals surface area contributed by atoms with E-state index in [9.17, 15) is 9.00 Å². The summed E-state index contributed by atoms with van der Waals surface area (Å²) < 4.78 is 33.8. The molecule has 1 fully saturated rings. The molecule has 1 aliphatic heterocycles. The van der Waals surface area contributed by atoms with Crippen LogP contribution in [0.25, 0.3) is 0 Å². The molecule has 1 aliphatic rings. The lowest BCUT2D eigenvalue weighted by molar-refractivity contribution is -0.137. The summed E-state index contributed by atoms with van der Waals surface area (Å²) in [6, 6.07) is 10.5. The van der Waals surface area contributed by atoms with E-state index in [4.69, 9.17) is 49.0 Å². The average Bonchev–Trinajstić information content (AvgIpc) is 2.89. The minimum absolute atomic E-state index is 0.245. The molecule has 2 aromatic carbocycles. The van der Waals surface area contributed by atoms with Gasteiger partial charge in [-0.3, -0.25) is 9.69 Å². The van der Waals surface area contributed by atoms with E-state index in [-0.39, 0.29) is 5.97 Å². The molecule has 11 heteroatoms. The van der Waals surface area contributed by atoms with Crippen molar-refractivity contribution in [3.8, 4) is 11.5 Å². The average molecular weight is 581 g/mol. The second-order valence-electron chi connectivity index (χ2n) is 7.70. The predicted molar refractivity (Wildman–Crippen MR) is 143 cm³/mol. The number of morpholine rings is 1. The highest BCUT2D eigenvalue weighted by atomic mass is 35.5. The number of hydrogen-bond acceptors (Lipinski definition) is 7. The first kappa shape index (κ1) is 30.7. The molecule has 0 aromatic heterocycles. The molecule has 0 spiro atoms. The SMILES string of the molecule is COC(C)=O.O=S(c1ccc(OCCCN2CCOCC2)cc1)c1cc(Cl)c(OCCCCl)c(Cl)c1. The molecular formula is C25H32Cl3NO6S. The van der Waals surface area contributed by atoms with Crippen molar-refractivity contribution >= 4 is 51.6 Å². The second kappa shape index (κ2) is 17.1. The monoisotopic (exact) mass is 579 g/mol. The van der Waals surface area contributed by atoms with Crippen molar-refractivity contribution in [2.45, 2.75) is 29.6 Å². The minimum atomic E-state index is -1.42. The van der Waals surface area contributed by atoms with Gasteiger partial charge in [-0.05, 0) is 49.2 Å². The fourth-order valence-corrected chi connectivity index (χ4v) is 5.05. The molecular weight excluding hydrogens is 549 g/mol. The summed E-state index contributed by atoms with van der Waals surface area (Å²) in [4.78, 5) is 13.1. The molecule has 1 heterocycles. The van der Waals surface area contributed by atoms with Gasteiger partial charge in [-0.15, -0.1) is 11.6 Å². The number of ether oxygens (including phenoxy) is 4. The van der Waals surface area contributed by atoms with E-state index in [1.165, 1.54) is 14.0 Å². The number of rotatable bonds is 11. The number of methoxy groups -OCH3 is 1. The Hall–Kier alpha value is -1.55. The van der Waals surface area contributed by atoms with Crippen molar-refractivity contribution in [2.24, 2.45) is 0 Å². The van der Waals surface area contributed by atoms with Gasteiger partial charge >= 0.3 is 5.97 Å². The Balaban J connectivity index is 0.000000830. The van der Waals surface area contributed by atoms with E-state index < -0.39 is 10.8 Å². The second-order valence-corrected chi connectivity index (χ2v) is 10.4. The van der Waals surface area contributed by atoms with Crippen LogP contribution < -0.4 is 9.47 Å². The Morgan fingerprint density at radius 1 is 1.00 bits per heavy atom. The van der Waals surface area contributed by atoms with Crippen LogP contribution in [0.15, 0.2) is 46.2 Å². The van der Waals surface area contributed by atoms with Gasteiger partial charge in [0.05, 0.1) is 54.4 Å². The maximum Gasteiger partial charge on any atom is 0.302 e. The van der Waals surface area contributed by atoms with Gasteiger partial charge in [0.25, 0.3) is 0 Å². The van der Waals surface area contributed by atoms with Crippen molar-refractivity contribution < 1.29 is 28.0 Å². The number of alkyl halides is 1. The standard InChI is InChI=1S/C22H26Cl3NO4S.C3H6O2/c23-7-1-11-30-22-20(24)15-19(16-21(22)25)31(27)18-5-3-17(4-6-18)29-12-2-8-26-9-13-28-14-10-26;1-3(4)5-2/h3-6,15-16H,1-2,7-14H2;1-2H3. The van der Waals surface area contributed by atoms with Gasteiger partial charge in [0, 0.05) is 42.2 Å². The summed E-state index contributed by atoms with van der Waals surface area (Å²) >= 11 is 18.2. The van der Waals surface area contributed by atoms with Gasteiger partial charge < -0.3 is 18.9 Å². The summed E-state index contributed by atoms with van der Waals surface area (Å²) in [5.41, 5.74) is 0. The van der Waals surface area contributed by atoms with E-state index in [0.717, 1.165) is 45.0 Å². The van der Waals surface area contributed by atoms with Crippen LogP contribution in [0.1, 0.15) is 19.8 Å². The van der Waals surface area contributed by atoms with Gasteiger partial charge in [0.15, 0.2) is 5.75 Å². The zero-order valence-corrected chi connectivity index (χ0v) is 23.6. The zero-order valence-electron chi connectivity index (χ0n) is 20.5. The van der Waals surface area contributed by atoms with E-state index in [1.54, 1.807) is 24.3 Å². The van der Waals surface area contributed by atoms with E-state index >= 15 is 0 Å². The molecule has 0 aliphatic carbocycles. The van der Waals surface area contributed by atoms with Crippen LogP contribution in [-0.4, -0.2) is 74.1 Å². The van der Waals surface area contributed by atoms with Gasteiger partial charge in [0.2, 0.25) is 0 Å². The van der Waals surface area contributed by atoms with Gasteiger partial charge in [-0.1, -0.05) is 23.2 Å². The topological polar surface area (TPSA) is 74.3 Å². The zero-order chi connectivity index (χ0) is 26.3. The lowest BCUT2D eigenvalue weighted by atomic mass is 10.3. The van der Waals surface area contributed by atoms with Gasteiger partial charge in [0.1, 0.15) is 5.75 Å². The number of carbonyl (C=O) groups excluding carboxylic acids is 1. The molecule has 0 saturated carbocycles. The van der Waals surface area contributed by atoms with E-state index in [1.807, 2.05) is 12.1 Å². The Labute approximate surface area is 230 Å². The number of hydrogen-bond donors (Lipinski definition) is 0. The molecule has 200 valence electrons. The van der Waals surface area contributed by atoms with Crippen LogP contribution in [0.5, 0.6) is 11.5 Å². The van der Waals surface area contributed by atoms with Crippen LogP contribution in [0, 0.1) is 0 Å². The van der Waals surface area contributed by atoms with Crippen molar-refractivity contribution in [1.82, 2.24) is 4.90 Å². The molecule has 1 saturated heterocycles. The van der Waals surface area contributed by atoms with Crippen LogP contribution >= 0.6 is 34.8 Å². The maximum atomic E-state index is 12.9. The number of carbonyl (C=O) groups is 1. The molecule has 0 N–H and O–H groups in total. The summed E-state index contributed by atoms with van der Waals surface area (Å²) in [5.74, 6) is 1.38. The fraction of sp³-hybridized carbons (Fsp3) is 0.480. The molecule has 0 amide bonds. The van der Waals surface area contributed by atoms with E-state index in [0.29, 0.717) is 51.1 Å². The third kappa shape index (κ3) is 10.8. The molecule has 2 aromatic rings. The van der Waals surface area contributed by atoms with Gasteiger partial charge in [-0.2, -0.15) is 0 Å². The fourth-order valence-electron chi connectivity index (χ4n) is 3.11. The lowest BCUT2D eigenvalue weighted by Gasteiger charge is -2.26. The quantitative estimate of drug-likeness (QED) is 0.199. The van der Waals surface area contributed by atoms with E-state index in [2.05, 4.69) is 9.64 Å². The summed E-state index contributed by atoms with van der Waals surface area (Å²) in [7, 11) is -0.0720. The molecule has 1 unspecified atom stereocenters. The van der Waals surface area contributed by atoms with Crippen LogP contribution in [0.2, 0.25) is 10.0 Å². The number of esters is 1. The predicted octanol–water partition coefficient (Wildman–Crippen LogP) is 5.45. The third-order valence-corrected chi connectivity index (χ3v) is 7.22. The van der Waals surface area contributed by atoms with Crippen molar-refractivity contribution in [2.75, 3.05) is 59.1 Å². The lowest BCUT2D eigenvalue weighted by Crippen LogP contribution is -2.37. The molecule has 0 bridgehead atoms. The van der Waals surface area contributed by atoms with Crippen LogP contribution in [-0.2, 0) is 25.1 Å². The minimum Gasteiger partial charge on any atom is -0.494 e. The molecule has 1 atom stereocenters. The molecule has 3 rings (SSSR count). The maximum absolute atomic E-state index is 12.9. The van der Waals surface area contributed by atoms with Crippen molar-refractivity contribution in [3.63, 3.8) is 0 Å². The van der Waals surface area contributed by atoms with Crippen LogP contribution in [0.4, 0.5) is 0 Å². The summed E-state index contributed by atoms with van der Waals surface area (Å²) in [5, 5.41) is 0.649. The first-order valence-corrected chi connectivity index (χ1v) is 14.0. The first-order chi connectivity index (χ1) is 17.3. The smallest absolute Gasteiger partial charge is 0.302 e. The third-order valence-electron chi connectivity index (χ3n) is 5.03. The molecule has 0 radical (unpaired) electrons. The highest BCUT2D eigenvalue weighted by molar-refractivity contribution is 7.85. The Kier molecular flexibility index (Phi) is 14.5. The summed E-state index contributed by atoms with van der Waals surface area (Å²) in [6.45, 7) is 6.98. The number of halogens is 3. The summed E-state index contributed by atoms with van der Waals surface area (Å²) in [6.07, 6.45) is 1.63. The largest absolute Gasteiger partial charge is 0.494 e. The highest BCUT2D eigenvalue weighted by Gasteiger charge is 2.15. The van der Waals surface area contributed by atoms with Crippen molar-refractivity contribution in [1.29, 1.82) is 0 Å². The van der Waals surface area contributed by atoms with Crippen LogP contribution in [0.3, 0.4) is 0 Å². The van der Waals surface area contributed by atoms with Crippen molar-refractivity contribution in [3.05, 3.63) is 46.4 Å². The Morgan fingerprint density at radius 2 is 1.58 bits per heavy atom. The van der Waals surface area contributed by atoms with Gasteiger partial charge in [-0.25, -0.2) is 4.21 Å². The Bertz CT molecular complexity index is 948. The number of nitrogens with zero attached hydrogens (tertiary/aromatic N) is 1. The molecule has 7 nitrogen and oxygen atoms in total. The Morgan fingerprint density at radius 3 is 2.14 bits per heavy atom. The first-order valence-electron chi connectivity index (χ1n) is 11.5. The number of benzene rings is 2. The molecule has 36 heavy (non-hydrogen) atoms.